The van der Waals surface area contributed by atoms with Crippen molar-refractivity contribution in [2.45, 2.75) is 6.29 Å². The average Bonchev–Trinajstić information content (AvgIpc) is 2.80. The maximum absolute atomic E-state index is 11.4. The molecule has 0 saturated carbocycles. The Kier molecular flexibility index (Phi) is 3.48. The van der Waals surface area contributed by atoms with Gasteiger partial charge in [-0.15, -0.1) is 0 Å². The van der Waals surface area contributed by atoms with Crippen LogP contribution >= 0.6 is 0 Å². The molecular weight excluding hydrogens is 284 g/mol. The first-order chi connectivity index (χ1) is 10.5. The summed E-state index contributed by atoms with van der Waals surface area (Å²) in [5.41, 5.74) is 2.70. The van der Waals surface area contributed by atoms with E-state index in [-0.39, 0.29) is 5.56 Å². The molecular formula is C17H12O5. The Morgan fingerprint density at radius 3 is 2.36 bits per heavy atom. The van der Waals surface area contributed by atoms with Crippen LogP contribution in [0.5, 0.6) is 0 Å². The molecule has 0 saturated heterocycles. The van der Waals surface area contributed by atoms with Gasteiger partial charge < -0.3 is 14.9 Å². The summed E-state index contributed by atoms with van der Waals surface area (Å²) < 4.78 is 4.72. The molecule has 22 heavy (non-hydrogen) atoms. The Morgan fingerprint density at radius 1 is 1.05 bits per heavy atom. The SMILES string of the molecule is O=C(O)c1ccc(/C=C/c2ccc3c(c2)C(O)OC3=O)cc1. The first kappa shape index (κ1) is 14.0. The van der Waals surface area contributed by atoms with Crippen molar-refractivity contribution >= 4 is 24.1 Å². The van der Waals surface area contributed by atoms with Crippen molar-refractivity contribution in [1.29, 1.82) is 0 Å². The number of benzene rings is 2. The summed E-state index contributed by atoms with van der Waals surface area (Å²) in [7, 11) is 0. The van der Waals surface area contributed by atoms with Gasteiger partial charge >= 0.3 is 11.9 Å². The predicted octanol–water partition coefficient (Wildman–Crippen LogP) is 2.72. The lowest BCUT2D eigenvalue weighted by molar-refractivity contribution is -0.0547. The molecule has 1 heterocycles. The van der Waals surface area contributed by atoms with Gasteiger partial charge in [-0.3, -0.25) is 0 Å². The molecule has 0 aromatic heterocycles. The largest absolute Gasteiger partial charge is 0.478 e. The van der Waals surface area contributed by atoms with Gasteiger partial charge in [0.1, 0.15) is 0 Å². The molecule has 5 nitrogen and oxygen atoms in total. The van der Waals surface area contributed by atoms with Gasteiger partial charge in [-0.25, -0.2) is 9.59 Å². The standard InChI is InChI=1S/C17H12O5/c18-15(19)12-6-3-10(4-7-12)1-2-11-5-8-13-14(9-11)17(21)22-16(13)20/h1-9,17,21H,(H,18,19)/b2-1+. The lowest BCUT2D eigenvalue weighted by Gasteiger charge is -2.02. The average molecular weight is 296 g/mol. The minimum absolute atomic E-state index is 0.230. The summed E-state index contributed by atoms with van der Waals surface area (Å²) in [6, 6.07) is 11.5. The van der Waals surface area contributed by atoms with Gasteiger partial charge in [0.25, 0.3) is 0 Å². The Bertz CT molecular complexity index is 774. The number of carboxylic acids is 1. The number of aliphatic hydroxyl groups excluding tert-OH is 1. The first-order valence-corrected chi connectivity index (χ1v) is 6.59. The summed E-state index contributed by atoms with van der Waals surface area (Å²) in [5.74, 6) is -1.49. The fourth-order valence-corrected chi connectivity index (χ4v) is 2.23. The number of carbonyl (C=O) groups excluding carboxylic acids is 1. The number of esters is 1. The first-order valence-electron chi connectivity index (χ1n) is 6.59. The molecule has 1 aliphatic rings. The van der Waals surface area contributed by atoms with E-state index < -0.39 is 18.2 Å². The van der Waals surface area contributed by atoms with E-state index >= 15 is 0 Å². The number of hydrogen-bond donors (Lipinski definition) is 2. The minimum atomic E-state index is -1.22. The van der Waals surface area contributed by atoms with Gasteiger partial charge in [0.05, 0.1) is 11.1 Å². The predicted molar refractivity (Wildman–Crippen MR) is 79.1 cm³/mol. The molecule has 0 aliphatic carbocycles. The van der Waals surface area contributed by atoms with Gasteiger partial charge in [0, 0.05) is 5.56 Å². The van der Waals surface area contributed by atoms with Crippen LogP contribution in [0.4, 0.5) is 0 Å². The normalized spacial score (nSPS) is 16.6. The molecule has 1 unspecified atom stereocenters. The third kappa shape index (κ3) is 2.62. The van der Waals surface area contributed by atoms with E-state index in [1.165, 1.54) is 12.1 Å². The van der Waals surface area contributed by atoms with E-state index in [1.54, 1.807) is 30.3 Å². The number of fused-ring (bicyclic) bond motifs is 1. The molecule has 2 aromatic rings. The lowest BCUT2D eigenvalue weighted by atomic mass is 10.0. The molecule has 5 heteroatoms. The van der Waals surface area contributed by atoms with Crippen molar-refractivity contribution in [2.75, 3.05) is 0 Å². The third-order valence-electron chi connectivity index (χ3n) is 3.41. The highest BCUT2D eigenvalue weighted by molar-refractivity contribution is 5.94. The van der Waals surface area contributed by atoms with E-state index in [4.69, 9.17) is 9.84 Å². The van der Waals surface area contributed by atoms with E-state index in [0.29, 0.717) is 11.1 Å². The zero-order chi connectivity index (χ0) is 15.7. The molecule has 2 aromatic carbocycles. The number of cyclic esters (lactones) is 1. The quantitative estimate of drug-likeness (QED) is 0.672. The number of carboxylic acid groups (broad SMARTS) is 1. The molecule has 0 spiro atoms. The number of carbonyl (C=O) groups is 2. The number of aliphatic hydroxyl groups is 1. The maximum Gasteiger partial charge on any atom is 0.341 e. The number of rotatable bonds is 3. The zero-order valence-electron chi connectivity index (χ0n) is 11.4. The second-order valence-electron chi connectivity index (χ2n) is 4.86. The van der Waals surface area contributed by atoms with Gasteiger partial charge in [0.15, 0.2) is 0 Å². The van der Waals surface area contributed by atoms with Crippen molar-refractivity contribution < 1.29 is 24.5 Å². The minimum Gasteiger partial charge on any atom is -0.478 e. The fraction of sp³-hybridized carbons (Fsp3) is 0.0588. The van der Waals surface area contributed by atoms with Crippen LogP contribution < -0.4 is 0 Å². The highest BCUT2D eigenvalue weighted by Crippen LogP contribution is 2.29. The Balaban J connectivity index is 1.83. The van der Waals surface area contributed by atoms with Crippen molar-refractivity contribution in [3.63, 3.8) is 0 Å². The molecule has 2 N–H and O–H groups in total. The van der Waals surface area contributed by atoms with E-state index in [0.717, 1.165) is 11.1 Å². The van der Waals surface area contributed by atoms with Gasteiger partial charge in [-0.1, -0.05) is 30.4 Å². The second kappa shape index (κ2) is 5.46. The number of hydrogen-bond acceptors (Lipinski definition) is 4. The summed E-state index contributed by atoms with van der Waals surface area (Å²) in [4.78, 5) is 22.2. The van der Waals surface area contributed by atoms with Crippen LogP contribution in [0.25, 0.3) is 12.2 Å². The third-order valence-corrected chi connectivity index (χ3v) is 3.41. The zero-order valence-corrected chi connectivity index (χ0v) is 11.4. The van der Waals surface area contributed by atoms with E-state index in [9.17, 15) is 14.7 Å². The van der Waals surface area contributed by atoms with Crippen LogP contribution in [-0.4, -0.2) is 22.2 Å². The smallest absolute Gasteiger partial charge is 0.341 e. The number of aromatic carboxylic acids is 1. The molecule has 0 bridgehead atoms. The molecule has 0 radical (unpaired) electrons. The lowest BCUT2D eigenvalue weighted by Crippen LogP contribution is -1.95. The Morgan fingerprint density at radius 2 is 1.68 bits per heavy atom. The topological polar surface area (TPSA) is 83.8 Å². The van der Waals surface area contributed by atoms with Crippen LogP contribution in [0.1, 0.15) is 43.7 Å². The van der Waals surface area contributed by atoms with Crippen molar-refractivity contribution in [2.24, 2.45) is 0 Å². The fourth-order valence-electron chi connectivity index (χ4n) is 2.23. The van der Waals surface area contributed by atoms with E-state index in [2.05, 4.69) is 0 Å². The Labute approximate surface area is 126 Å². The molecule has 0 fully saturated rings. The second-order valence-corrected chi connectivity index (χ2v) is 4.86. The molecule has 1 aliphatic heterocycles. The molecule has 3 rings (SSSR count). The highest BCUT2D eigenvalue weighted by atomic mass is 16.6. The summed E-state index contributed by atoms with van der Waals surface area (Å²) in [6.07, 6.45) is 2.41. The van der Waals surface area contributed by atoms with Crippen LogP contribution in [0, 0.1) is 0 Å². The van der Waals surface area contributed by atoms with Crippen LogP contribution in [0.2, 0.25) is 0 Å². The van der Waals surface area contributed by atoms with Crippen molar-refractivity contribution in [3.05, 3.63) is 70.3 Å². The van der Waals surface area contributed by atoms with Crippen molar-refractivity contribution in [1.82, 2.24) is 0 Å². The van der Waals surface area contributed by atoms with Gasteiger partial charge in [-0.05, 0) is 35.4 Å². The summed E-state index contributed by atoms with van der Waals surface area (Å²) in [6.45, 7) is 0. The highest BCUT2D eigenvalue weighted by Gasteiger charge is 2.29. The van der Waals surface area contributed by atoms with Gasteiger partial charge in [0.2, 0.25) is 6.29 Å². The van der Waals surface area contributed by atoms with Crippen LogP contribution in [0.3, 0.4) is 0 Å². The summed E-state index contributed by atoms with van der Waals surface area (Å²) in [5, 5.41) is 18.5. The molecule has 0 amide bonds. The molecule has 1 atom stereocenters. The summed E-state index contributed by atoms with van der Waals surface area (Å²) >= 11 is 0. The van der Waals surface area contributed by atoms with Crippen LogP contribution in [-0.2, 0) is 4.74 Å². The maximum atomic E-state index is 11.4. The molecule has 110 valence electrons. The monoisotopic (exact) mass is 296 g/mol. The van der Waals surface area contributed by atoms with Crippen molar-refractivity contribution in [3.8, 4) is 0 Å². The van der Waals surface area contributed by atoms with E-state index in [1.807, 2.05) is 12.2 Å². The van der Waals surface area contributed by atoms with Gasteiger partial charge in [-0.2, -0.15) is 0 Å². The van der Waals surface area contributed by atoms with Crippen LogP contribution in [0.15, 0.2) is 42.5 Å². The Hall–Kier alpha value is -2.92. The number of ether oxygens (including phenoxy) is 1.